The van der Waals surface area contributed by atoms with Crippen LogP contribution in [0.2, 0.25) is 0 Å². The second-order valence-corrected chi connectivity index (χ2v) is 11.7. The number of carboxylic acid groups (broad SMARTS) is 1. The molecule has 2 aromatic carbocycles. The van der Waals surface area contributed by atoms with Gasteiger partial charge < -0.3 is 30.8 Å². The molecule has 2 aliphatic heterocycles. The van der Waals surface area contributed by atoms with E-state index < -0.39 is 18.2 Å². The fraction of sp³-hybridized carbons (Fsp3) is 0.424. The Morgan fingerprint density at radius 3 is 2.76 bits per heavy atom. The minimum absolute atomic E-state index is 0.0334. The number of hydrogen-bond donors (Lipinski definition) is 4. The number of aromatic amines is 1. The minimum atomic E-state index is -1.12. The van der Waals surface area contributed by atoms with Gasteiger partial charge in [0.25, 0.3) is 0 Å². The van der Waals surface area contributed by atoms with Gasteiger partial charge in [0.05, 0.1) is 12.4 Å². The molecule has 0 spiro atoms. The Hall–Kier alpha value is -4.55. The Balaban J connectivity index is 1.28. The smallest absolute Gasteiger partial charge is 0.408 e. The number of nitrogens with two attached hydrogens (primary N) is 1. The number of fused-ring (bicyclic) bond motifs is 2. The summed E-state index contributed by atoms with van der Waals surface area (Å²) in [7, 11) is 0. The molecule has 3 atom stereocenters. The molecule has 0 aliphatic carbocycles. The molecule has 12 nitrogen and oxygen atoms in total. The molecular formula is C33H40N8O4. The Labute approximate surface area is 262 Å². The van der Waals surface area contributed by atoms with Crippen molar-refractivity contribution in [1.29, 1.82) is 0 Å². The number of amides is 2. The Morgan fingerprint density at radius 1 is 1.11 bits per heavy atom. The van der Waals surface area contributed by atoms with Gasteiger partial charge in [-0.1, -0.05) is 42.5 Å². The summed E-state index contributed by atoms with van der Waals surface area (Å²) in [4.78, 5) is 46.3. The normalized spacial score (nSPS) is 17.5. The van der Waals surface area contributed by atoms with Gasteiger partial charge in [-0.2, -0.15) is 0 Å². The highest BCUT2D eigenvalue weighted by molar-refractivity contribution is 5.85. The third-order valence-corrected chi connectivity index (χ3v) is 8.81. The van der Waals surface area contributed by atoms with Gasteiger partial charge in [-0.05, 0) is 68.8 Å². The number of hydrogen-bond acceptors (Lipinski definition) is 8. The lowest BCUT2D eigenvalue weighted by molar-refractivity contribution is -0.138. The lowest BCUT2D eigenvalue weighted by Gasteiger charge is -2.36. The summed E-state index contributed by atoms with van der Waals surface area (Å²) in [5.74, 6) is 0.485. The molecule has 0 saturated carbocycles. The van der Waals surface area contributed by atoms with Crippen LogP contribution < -0.4 is 15.8 Å². The number of nitrogens with one attached hydrogen (secondary N) is 2. The summed E-state index contributed by atoms with van der Waals surface area (Å²) in [6.45, 7) is 2.32. The van der Waals surface area contributed by atoms with Crippen molar-refractivity contribution < 1.29 is 19.4 Å². The molecule has 5 N–H and O–H groups in total. The number of benzene rings is 2. The molecule has 2 aromatic heterocycles. The number of carbonyl (C=O) groups is 2. The van der Waals surface area contributed by atoms with Gasteiger partial charge >= 0.3 is 6.09 Å². The number of nitrogens with zero attached hydrogens (tertiary/aromatic N) is 5. The molecule has 1 unspecified atom stereocenters. The summed E-state index contributed by atoms with van der Waals surface area (Å²) in [6, 6.07) is 14.6. The van der Waals surface area contributed by atoms with Crippen molar-refractivity contribution in [1.82, 2.24) is 35.1 Å². The number of H-pyrrole nitrogens is 1. The SMILES string of the molecule is NCCCCC(C(=O)N1CCc2cccc(O[C@H](c3ncnc4[nH]cnc34)[C@H]3CCCN3)c2C1)N(Cc1ccccc1)C(=O)O. The van der Waals surface area contributed by atoms with Crippen LogP contribution >= 0.6 is 0 Å². The molecule has 2 amide bonds. The zero-order chi connectivity index (χ0) is 31.2. The first kappa shape index (κ1) is 30.5. The molecular weight excluding hydrogens is 572 g/mol. The number of carbonyl (C=O) groups excluding carboxylic acids is 1. The monoisotopic (exact) mass is 612 g/mol. The van der Waals surface area contributed by atoms with Gasteiger partial charge in [0.15, 0.2) is 11.8 Å². The largest absolute Gasteiger partial charge is 0.482 e. The molecule has 236 valence electrons. The van der Waals surface area contributed by atoms with Crippen LogP contribution in [0.15, 0.2) is 61.2 Å². The molecule has 6 rings (SSSR count). The lowest BCUT2D eigenvalue weighted by atomic mass is 9.96. The summed E-state index contributed by atoms with van der Waals surface area (Å²) < 4.78 is 6.83. The highest BCUT2D eigenvalue weighted by Crippen LogP contribution is 2.35. The Morgan fingerprint density at radius 2 is 1.98 bits per heavy atom. The molecule has 45 heavy (non-hydrogen) atoms. The van der Waals surface area contributed by atoms with Crippen LogP contribution in [0.4, 0.5) is 4.79 Å². The van der Waals surface area contributed by atoms with Crippen molar-refractivity contribution in [3.63, 3.8) is 0 Å². The van der Waals surface area contributed by atoms with E-state index in [4.69, 9.17) is 10.5 Å². The highest BCUT2D eigenvalue weighted by Gasteiger charge is 2.36. The fourth-order valence-electron chi connectivity index (χ4n) is 6.47. The first-order valence-electron chi connectivity index (χ1n) is 15.7. The van der Waals surface area contributed by atoms with E-state index in [0.29, 0.717) is 67.9 Å². The van der Waals surface area contributed by atoms with Crippen molar-refractivity contribution >= 4 is 23.2 Å². The second kappa shape index (κ2) is 14.0. The van der Waals surface area contributed by atoms with E-state index >= 15 is 0 Å². The van der Waals surface area contributed by atoms with Gasteiger partial charge in [0.2, 0.25) is 5.91 Å². The van der Waals surface area contributed by atoms with E-state index in [0.717, 1.165) is 36.1 Å². The van der Waals surface area contributed by atoms with Crippen molar-refractivity contribution in [2.45, 2.75) is 69.8 Å². The average Bonchev–Trinajstić information content (AvgIpc) is 3.78. The van der Waals surface area contributed by atoms with Crippen LogP contribution in [0.3, 0.4) is 0 Å². The van der Waals surface area contributed by atoms with E-state index in [9.17, 15) is 14.7 Å². The van der Waals surface area contributed by atoms with Crippen molar-refractivity contribution in [2.24, 2.45) is 5.73 Å². The maximum absolute atomic E-state index is 14.2. The predicted molar refractivity (Wildman–Crippen MR) is 168 cm³/mol. The van der Waals surface area contributed by atoms with Crippen molar-refractivity contribution in [3.05, 3.63) is 83.6 Å². The Bertz CT molecular complexity index is 1610. The van der Waals surface area contributed by atoms with E-state index in [1.165, 1.54) is 11.2 Å². The maximum Gasteiger partial charge on any atom is 0.408 e. The van der Waals surface area contributed by atoms with Gasteiger partial charge in [-0.3, -0.25) is 9.69 Å². The second-order valence-electron chi connectivity index (χ2n) is 11.7. The number of aromatic nitrogens is 4. The van der Waals surface area contributed by atoms with Crippen LogP contribution in [0.5, 0.6) is 5.75 Å². The number of unbranched alkanes of at least 4 members (excludes halogenated alkanes) is 1. The summed E-state index contributed by atoms with van der Waals surface area (Å²) in [6.07, 6.45) is 5.97. The van der Waals surface area contributed by atoms with Crippen LogP contribution in [0.1, 0.15) is 60.6 Å². The standard InChI is InChI=1S/C33H40N8O4/c34-15-5-4-12-26(41(33(43)44)18-22-8-2-1-3-9-22)32(42)40-17-14-23-10-6-13-27(24(23)19-40)45-30(25-11-7-16-35-25)28-29-31(38-20-36-28)39-21-37-29/h1-3,6,8-10,13,20-21,25-26,30,35H,4-5,7,11-12,14-19,34H2,(H,43,44)(H,36,37,38,39)/t25-,26?,30+/m1/s1. The topological polar surface area (TPSA) is 163 Å². The first-order valence-corrected chi connectivity index (χ1v) is 15.7. The number of rotatable bonds is 12. The van der Waals surface area contributed by atoms with Gasteiger partial charge in [0.1, 0.15) is 29.3 Å². The molecule has 4 aromatic rings. The summed E-state index contributed by atoms with van der Waals surface area (Å²) >= 11 is 0. The van der Waals surface area contributed by atoms with E-state index in [2.05, 4.69) is 31.3 Å². The molecule has 2 aliphatic rings. The zero-order valence-electron chi connectivity index (χ0n) is 25.3. The zero-order valence-corrected chi connectivity index (χ0v) is 25.3. The molecule has 0 radical (unpaired) electrons. The summed E-state index contributed by atoms with van der Waals surface area (Å²) in [5, 5.41) is 13.8. The van der Waals surface area contributed by atoms with Crippen LogP contribution in [0, 0.1) is 0 Å². The molecule has 12 heteroatoms. The van der Waals surface area contributed by atoms with Gasteiger partial charge in [0, 0.05) is 25.2 Å². The van der Waals surface area contributed by atoms with Crippen molar-refractivity contribution in [3.8, 4) is 5.75 Å². The van der Waals surface area contributed by atoms with E-state index in [1.807, 2.05) is 42.5 Å². The summed E-state index contributed by atoms with van der Waals surface area (Å²) in [5.41, 5.74) is 10.7. The number of ether oxygens (including phenoxy) is 1. The maximum atomic E-state index is 14.2. The van der Waals surface area contributed by atoms with Crippen LogP contribution in [0.25, 0.3) is 11.2 Å². The highest BCUT2D eigenvalue weighted by atomic mass is 16.5. The van der Waals surface area contributed by atoms with E-state index in [-0.39, 0.29) is 18.5 Å². The Kier molecular flexibility index (Phi) is 9.51. The predicted octanol–water partition coefficient (Wildman–Crippen LogP) is 3.79. The third kappa shape index (κ3) is 6.76. The molecule has 4 heterocycles. The molecule has 1 fully saturated rings. The first-order chi connectivity index (χ1) is 22.0. The molecule has 1 saturated heterocycles. The molecule has 0 bridgehead atoms. The van der Waals surface area contributed by atoms with Crippen LogP contribution in [-0.2, 0) is 24.3 Å². The van der Waals surface area contributed by atoms with Gasteiger partial charge in [-0.25, -0.2) is 19.7 Å². The van der Waals surface area contributed by atoms with Crippen molar-refractivity contribution in [2.75, 3.05) is 19.6 Å². The average molecular weight is 613 g/mol. The van der Waals surface area contributed by atoms with Crippen LogP contribution in [-0.4, -0.2) is 78.6 Å². The lowest BCUT2D eigenvalue weighted by Crippen LogP contribution is -2.51. The number of imidazole rings is 1. The fourth-order valence-corrected chi connectivity index (χ4v) is 6.47. The quantitative estimate of drug-likeness (QED) is 0.174. The third-order valence-electron chi connectivity index (χ3n) is 8.81. The minimum Gasteiger partial charge on any atom is -0.482 e. The van der Waals surface area contributed by atoms with Gasteiger partial charge in [-0.15, -0.1) is 0 Å². The van der Waals surface area contributed by atoms with E-state index in [1.54, 1.807) is 11.2 Å².